The Balaban J connectivity index is 1.16. The highest BCUT2D eigenvalue weighted by Crippen LogP contribution is 2.41. The fourth-order valence-corrected chi connectivity index (χ4v) is 5.81. The van der Waals surface area contributed by atoms with Crippen LogP contribution >= 0.6 is 22.9 Å². The van der Waals surface area contributed by atoms with Crippen molar-refractivity contribution in [2.24, 2.45) is 0 Å². The Morgan fingerprint density at radius 2 is 2.06 bits per heavy atom. The van der Waals surface area contributed by atoms with Gasteiger partial charge < -0.3 is 24.4 Å². The van der Waals surface area contributed by atoms with Crippen molar-refractivity contribution in [3.8, 4) is 5.75 Å². The van der Waals surface area contributed by atoms with Gasteiger partial charge in [-0.2, -0.15) is 0 Å². The Labute approximate surface area is 209 Å². The van der Waals surface area contributed by atoms with Crippen molar-refractivity contribution in [1.82, 2.24) is 5.32 Å². The van der Waals surface area contributed by atoms with Gasteiger partial charge >= 0.3 is 6.09 Å². The number of amides is 3. The van der Waals surface area contributed by atoms with E-state index in [1.165, 1.54) is 11.3 Å². The zero-order chi connectivity index (χ0) is 24.1. The Morgan fingerprint density at radius 1 is 1.17 bits per heavy atom. The molecule has 0 bridgehead atoms. The number of nitrogens with one attached hydrogen (secondary N) is 1. The zero-order valence-electron chi connectivity index (χ0n) is 18.4. The smallest absolute Gasteiger partial charge is 0.415 e. The van der Waals surface area contributed by atoms with Gasteiger partial charge in [0.15, 0.2) is 0 Å². The maximum Gasteiger partial charge on any atom is 0.415 e. The molecule has 0 radical (unpaired) electrons. The number of cyclic esters (lactones) is 1. The molecule has 180 valence electrons. The molecule has 2 saturated heterocycles. The lowest BCUT2D eigenvalue weighted by Crippen LogP contribution is -2.48. The van der Waals surface area contributed by atoms with Crippen LogP contribution in [0.5, 0.6) is 5.75 Å². The molecule has 2 aromatic carbocycles. The van der Waals surface area contributed by atoms with Crippen LogP contribution in [0.3, 0.4) is 0 Å². The second kappa shape index (κ2) is 8.71. The van der Waals surface area contributed by atoms with E-state index in [1.807, 2.05) is 18.2 Å². The highest BCUT2D eigenvalue weighted by Gasteiger charge is 2.46. The number of morpholine rings is 1. The number of ether oxygens (including phenoxy) is 3. The monoisotopic (exact) mass is 513 g/mol. The number of carbonyl (C=O) groups excluding carboxylic acids is 3. The topological polar surface area (TPSA) is 97.4 Å². The van der Waals surface area contributed by atoms with E-state index in [2.05, 4.69) is 5.32 Å². The predicted molar refractivity (Wildman–Crippen MR) is 131 cm³/mol. The molecule has 2 atom stereocenters. The van der Waals surface area contributed by atoms with Crippen LogP contribution in [0.4, 0.5) is 16.2 Å². The van der Waals surface area contributed by atoms with Crippen LogP contribution in [0, 0.1) is 0 Å². The Hall–Kier alpha value is -3.34. The summed E-state index contributed by atoms with van der Waals surface area (Å²) in [4.78, 5) is 41.4. The fourth-order valence-electron chi connectivity index (χ4n) is 4.55. The molecular weight excluding hydrogens is 494 g/mol. The van der Waals surface area contributed by atoms with Gasteiger partial charge in [-0.05, 0) is 35.7 Å². The molecular formula is C24H20ClN3O6S. The molecule has 3 aromatic rings. The van der Waals surface area contributed by atoms with Gasteiger partial charge in [-0.15, -0.1) is 11.3 Å². The highest BCUT2D eigenvalue weighted by molar-refractivity contribution is 7.20. The number of hydrogen-bond acceptors (Lipinski definition) is 7. The molecule has 6 rings (SSSR count). The number of halogens is 1. The highest BCUT2D eigenvalue weighted by atomic mass is 35.5. The Bertz CT molecular complexity index is 1360. The van der Waals surface area contributed by atoms with Gasteiger partial charge in [0.1, 0.15) is 31.1 Å². The average Bonchev–Trinajstić information content (AvgIpc) is 3.43. The minimum atomic E-state index is -0.566. The average molecular weight is 514 g/mol. The Morgan fingerprint density at radius 3 is 2.91 bits per heavy atom. The summed E-state index contributed by atoms with van der Waals surface area (Å²) in [6.45, 7) is 1.33. The van der Waals surface area contributed by atoms with Gasteiger partial charge in [0, 0.05) is 28.0 Å². The molecule has 1 aromatic heterocycles. The lowest BCUT2D eigenvalue weighted by molar-refractivity contribution is -0.125. The third kappa shape index (κ3) is 3.97. The van der Waals surface area contributed by atoms with E-state index in [0.29, 0.717) is 40.2 Å². The molecule has 3 aliphatic rings. The molecule has 1 N–H and O–H groups in total. The summed E-state index contributed by atoms with van der Waals surface area (Å²) >= 11 is 7.40. The third-order valence-electron chi connectivity index (χ3n) is 6.29. The number of fused-ring (bicyclic) bond motifs is 4. The van der Waals surface area contributed by atoms with Crippen molar-refractivity contribution in [1.29, 1.82) is 0 Å². The first-order chi connectivity index (χ1) is 17.0. The molecule has 4 heterocycles. The number of benzene rings is 2. The van der Waals surface area contributed by atoms with Crippen LogP contribution in [0.25, 0.3) is 10.1 Å². The van der Waals surface area contributed by atoms with Crippen molar-refractivity contribution in [3.05, 3.63) is 52.4 Å². The molecule has 2 fully saturated rings. The summed E-state index contributed by atoms with van der Waals surface area (Å²) in [7, 11) is 0. The van der Waals surface area contributed by atoms with Crippen LogP contribution in [-0.2, 0) is 14.3 Å². The number of rotatable bonds is 4. The lowest BCUT2D eigenvalue weighted by Gasteiger charge is -2.33. The summed E-state index contributed by atoms with van der Waals surface area (Å²) in [6, 6.07) is 12.2. The number of carbonyl (C=O) groups is 3. The minimum Gasteiger partial charge on any atom is -0.489 e. The standard InChI is InChI=1S/C24H20ClN3O6S/c25-14-2-1-13-7-21(35-20(13)8-14)23(30)26-10-19-17-11-33-18-9-15(27-5-6-32-12-22(27)29)3-4-16(18)28(17)24(31)34-19/h1-4,7-9,17,19H,5-6,10-12H2,(H,26,30)/t17-,19-/m0/s1. The molecule has 3 aliphatic heterocycles. The summed E-state index contributed by atoms with van der Waals surface area (Å²) in [5.74, 6) is 0.139. The lowest BCUT2D eigenvalue weighted by atomic mass is 10.1. The second-order valence-electron chi connectivity index (χ2n) is 8.42. The van der Waals surface area contributed by atoms with Crippen LogP contribution in [0.15, 0.2) is 42.5 Å². The number of nitrogens with zero attached hydrogens (tertiary/aromatic N) is 2. The van der Waals surface area contributed by atoms with Crippen molar-refractivity contribution < 1.29 is 28.6 Å². The first-order valence-corrected chi connectivity index (χ1v) is 12.3. The van der Waals surface area contributed by atoms with Crippen LogP contribution in [0.2, 0.25) is 5.02 Å². The third-order valence-corrected chi connectivity index (χ3v) is 7.62. The number of thiophene rings is 1. The molecule has 3 amide bonds. The van der Waals surface area contributed by atoms with Gasteiger partial charge in [-0.3, -0.25) is 14.5 Å². The molecule has 9 nitrogen and oxygen atoms in total. The molecule has 0 unspecified atom stereocenters. The van der Waals surface area contributed by atoms with Gasteiger partial charge in [-0.1, -0.05) is 17.7 Å². The number of anilines is 2. The van der Waals surface area contributed by atoms with E-state index < -0.39 is 12.2 Å². The molecule has 0 spiro atoms. The normalized spacial score (nSPS) is 21.4. The van der Waals surface area contributed by atoms with E-state index in [-0.39, 0.29) is 37.6 Å². The quantitative estimate of drug-likeness (QED) is 0.574. The summed E-state index contributed by atoms with van der Waals surface area (Å²) in [5.41, 5.74) is 1.27. The van der Waals surface area contributed by atoms with Crippen molar-refractivity contribution in [2.75, 3.05) is 42.7 Å². The fraction of sp³-hybridized carbons (Fsp3) is 0.292. The van der Waals surface area contributed by atoms with Gasteiger partial charge in [0.2, 0.25) is 0 Å². The van der Waals surface area contributed by atoms with Crippen molar-refractivity contribution >= 4 is 62.3 Å². The first kappa shape index (κ1) is 22.1. The van der Waals surface area contributed by atoms with Crippen molar-refractivity contribution in [2.45, 2.75) is 12.1 Å². The summed E-state index contributed by atoms with van der Waals surface area (Å²) in [6.07, 6.45) is -1.06. The SMILES string of the molecule is O=C(NC[C@@H]1OC(=O)N2c3ccc(N4CCOCC4=O)cc3OC[C@@H]12)c1cc2ccc(Cl)cc2s1. The number of hydrogen-bond donors (Lipinski definition) is 1. The van der Waals surface area contributed by atoms with E-state index >= 15 is 0 Å². The first-order valence-electron chi connectivity index (χ1n) is 11.1. The minimum absolute atomic E-state index is 0.0428. The van der Waals surface area contributed by atoms with Crippen LogP contribution < -0.4 is 19.9 Å². The summed E-state index contributed by atoms with van der Waals surface area (Å²) < 4.78 is 17.7. The molecule has 11 heteroatoms. The zero-order valence-corrected chi connectivity index (χ0v) is 19.9. The predicted octanol–water partition coefficient (Wildman–Crippen LogP) is 3.43. The Kier molecular flexibility index (Phi) is 5.51. The maximum atomic E-state index is 12.8. The van der Waals surface area contributed by atoms with E-state index in [1.54, 1.807) is 34.1 Å². The van der Waals surface area contributed by atoms with Crippen LogP contribution in [-0.4, -0.2) is 63.0 Å². The largest absolute Gasteiger partial charge is 0.489 e. The van der Waals surface area contributed by atoms with Gasteiger partial charge in [-0.25, -0.2) is 4.79 Å². The molecule has 0 saturated carbocycles. The van der Waals surface area contributed by atoms with E-state index in [9.17, 15) is 14.4 Å². The van der Waals surface area contributed by atoms with Gasteiger partial charge in [0.05, 0.1) is 23.7 Å². The van der Waals surface area contributed by atoms with Crippen LogP contribution in [0.1, 0.15) is 9.67 Å². The van der Waals surface area contributed by atoms with E-state index in [0.717, 1.165) is 10.1 Å². The second-order valence-corrected chi connectivity index (χ2v) is 9.94. The molecule has 35 heavy (non-hydrogen) atoms. The van der Waals surface area contributed by atoms with Crippen molar-refractivity contribution in [3.63, 3.8) is 0 Å². The van der Waals surface area contributed by atoms with E-state index in [4.69, 9.17) is 25.8 Å². The maximum absolute atomic E-state index is 12.8. The van der Waals surface area contributed by atoms with Gasteiger partial charge in [0.25, 0.3) is 11.8 Å². The summed E-state index contributed by atoms with van der Waals surface area (Å²) in [5, 5.41) is 4.43. The molecule has 0 aliphatic carbocycles.